The maximum Gasteiger partial charge on any atom is 0.405 e. The van der Waals surface area contributed by atoms with E-state index in [0.717, 1.165) is 11.0 Å². The molecule has 0 saturated carbocycles. The molecule has 0 unspecified atom stereocenters. The topological polar surface area (TPSA) is 23.5 Å². The van der Waals surface area contributed by atoms with E-state index in [1.807, 2.05) is 0 Å². The summed E-state index contributed by atoms with van der Waals surface area (Å²) in [5, 5.41) is 9.66. The molecule has 1 aromatic rings. The Bertz CT molecular complexity index is 457. The lowest BCUT2D eigenvalue weighted by Crippen LogP contribution is -2.35. The van der Waals surface area contributed by atoms with Crippen LogP contribution in [0.4, 0.5) is 23.2 Å². The maximum atomic E-state index is 13.6. The van der Waals surface area contributed by atoms with Crippen LogP contribution in [-0.2, 0) is 0 Å². The molecule has 114 valence electrons. The molecule has 0 amide bonds. The van der Waals surface area contributed by atoms with Crippen molar-refractivity contribution in [1.29, 1.82) is 0 Å². The van der Waals surface area contributed by atoms with E-state index in [4.69, 9.17) is 0 Å². The van der Waals surface area contributed by atoms with Crippen LogP contribution in [-0.4, -0.2) is 24.4 Å². The second-order valence-corrected chi connectivity index (χ2v) is 4.87. The Morgan fingerprint density at radius 2 is 1.90 bits per heavy atom. The van der Waals surface area contributed by atoms with E-state index in [0.29, 0.717) is 6.42 Å². The van der Waals surface area contributed by atoms with E-state index in [2.05, 4.69) is 0 Å². The lowest BCUT2D eigenvalue weighted by atomic mass is 10.0. The molecule has 0 aromatic heterocycles. The number of aryl methyl sites for hydroxylation is 1. The number of hydrogen-bond donors (Lipinski definition) is 1. The van der Waals surface area contributed by atoms with Crippen LogP contribution in [0.2, 0.25) is 0 Å². The standard InChI is InChI=1S/C14H19F4NO/c1-4-5-19(8-14(16,17)18)13-6-9(2)12(15)7-11(13)10(3)20/h6-7,10,20H,4-5,8H2,1-3H3/t10-/m1/s1. The predicted octanol–water partition coefficient (Wildman–Crippen LogP) is 3.97. The van der Waals surface area contributed by atoms with Gasteiger partial charge in [-0.05, 0) is 38.0 Å². The Morgan fingerprint density at radius 3 is 2.35 bits per heavy atom. The van der Waals surface area contributed by atoms with Gasteiger partial charge < -0.3 is 10.0 Å². The number of aliphatic hydroxyl groups is 1. The van der Waals surface area contributed by atoms with Gasteiger partial charge in [0.1, 0.15) is 12.4 Å². The minimum absolute atomic E-state index is 0.172. The second kappa shape index (κ2) is 6.43. The van der Waals surface area contributed by atoms with E-state index in [1.165, 1.54) is 19.9 Å². The number of anilines is 1. The van der Waals surface area contributed by atoms with Gasteiger partial charge in [-0.1, -0.05) is 6.92 Å². The highest BCUT2D eigenvalue weighted by molar-refractivity contribution is 5.57. The molecule has 0 fully saturated rings. The van der Waals surface area contributed by atoms with Crippen molar-refractivity contribution >= 4 is 5.69 Å². The molecule has 0 spiro atoms. The molecular formula is C14H19F4NO. The third-order valence-electron chi connectivity index (χ3n) is 2.96. The molecule has 0 bridgehead atoms. The van der Waals surface area contributed by atoms with Crippen molar-refractivity contribution in [2.24, 2.45) is 0 Å². The fourth-order valence-electron chi connectivity index (χ4n) is 2.06. The van der Waals surface area contributed by atoms with Gasteiger partial charge in [-0.2, -0.15) is 13.2 Å². The van der Waals surface area contributed by atoms with Gasteiger partial charge in [-0.15, -0.1) is 0 Å². The first-order valence-electron chi connectivity index (χ1n) is 6.45. The zero-order valence-electron chi connectivity index (χ0n) is 11.8. The molecule has 1 N–H and O–H groups in total. The molecule has 1 atom stereocenters. The van der Waals surface area contributed by atoms with E-state index in [9.17, 15) is 22.7 Å². The smallest absolute Gasteiger partial charge is 0.389 e. The molecule has 0 aliphatic carbocycles. The van der Waals surface area contributed by atoms with Crippen molar-refractivity contribution in [3.05, 3.63) is 29.1 Å². The zero-order chi connectivity index (χ0) is 15.5. The van der Waals surface area contributed by atoms with Crippen LogP contribution >= 0.6 is 0 Å². The summed E-state index contributed by atoms with van der Waals surface area (Å²) in [4.78, 5) is 1.13. The summed E-state index contributed by atoms with van der Waals surface area (Å²) in [6, 6.07) is 2.47. The van der Waals surface area contributed by atoms with Crippen molar-refractivity contribution in [2.75, 3.05) is 18.0 Å². The van der Waals surface area contributed by atoms with Gasteiger partial charge >= 0.3 is 6.18 Å². The summed E-state index contributed by atoms with van der Waals surface area (Å²) in [5.41, 5.74) is 0.663. The van der Waals surface area contributed by atoms with Crippen LogP contribution in [0.3, 0.4) is 0 Å². The van der Waals surface area contributed by atoms with Gasteiger partial charge in [0.15, 0.2) is 0 Å². The maximum absolute atomic E-state index is 13.6. The summed E-state index contributed by atoms with van der Waals surface area (Å²) < 4.78 is 51.5. The lowest BCUT2D eigenvalue weighted by molar-refractivity contribution is -0.119. The highest BCUT2D eigenvalue weighted by atomic mass is 19.4. The summed E-state index contributed by atoms with van der Waals surface area (Å²) in [6.07, 6.45) is -4.87. The molecule has 2 nitrogen and oxygen atoms in total. The molecule has 20 heavy (non-hydrogen) atoms. The molecular weight excluding hydrogens is 274 g/mol. The van der Waals surface area contributed by atoms with Crippen molar-refractivity contribution in [3.63, 3.8) is 0 Å². The summed E-state index contributed by atoms with van der Waals surface area (Å²) in [5.74, 6) is -0.534. The zero-order valence-corrected chi connectivity index (χ0v) is 11.8. The van der Waals surface area contributed by atoms with Crippen molar-refractivity contribution in [3.8, 4) is 0 Å². The highest BCUT2D eigenvalue weighted by Crippen LogP contribution is 2.31. The van der Waals surface area contributed by atoms with E-state index in [1.54, 1.807) is 6.92 Å². The van der Waals surface area contributed by atoms with Gasteiger partial charge in [0.2, 0.25) is 0 Å². The summed E-state index contributed by atoms with van der Waals surface area (Å²) in [6.45, 7) is 3.73. The van der Waals surface area contributed by atoms with E-state index < -0.39 is 24.6 Å². The van der Waals surface area contributed by atoms with Crippen LogP contribution in [0.5, 0.6) is 0 Å². The summed E-state index contributed by atoms with van der Waals surface area (Å²) >= 11 is 0. The van der Waals surface area contributed by atoms with Crippen molar-refractivity contribution < 1.29 is 22.7 Å². The Labute approximate surface area is 116 Å². The first kappa shape index (κ1) is 16.8. The Hall–Kier alpha value is -1.30. The van der Waals surface area contributed by atoms with Crippen LogP contribution < -0.4 is 4.90 Å². The number of benzene rings is 1. The number of halogens is 4. The SMILES string of the molecule is CCCN(CC(F)(F)F)c1cc(C)c(F)cc1[C@@H](C)O. The molecule has 1 rings (SSSR count). The van der Waals surface area contributed by atoms with E-state index in [-0.39, 0.29) is 23.4 Å². The number of rotatable bonds is 5. The number of hydrogen-bond acceptors (Lipinski definition) is 2. The van der Waals surface area contributed by atoms with Crippen LogP contribution in [0.15, 0.2) is 12.1 Å². The fraction of sp³-hybridized carbons (Fsp3) is 0.571. The number of aliphatic hydroxyl groups excluding tert-OH is 1. The molecule has 0 aliphatic rings. The quantitative estimate of drug-likeness (QED) is 0.830. The Morgan fingerprint density at radius 1 is 1.30 bits per heavy atom. The fourth-order valence-corrected chi connectivity index (χ4v) is 2.06. The third-order valence-corrected chi connectivity index (χ3v) is 2.96. The minimum Gasteiger partial charge on any atom is -0.389 e. The van der Waals surface area contributed by atoms with Gasteiger partial charge in [-0.25, -0.2) is 4.39 Å². The van der Waals surface area contributed by atoms with Crippen molar-refractivity contribution in [1.82, 2.24) is 0 Å². The van der Waals surface area contributed by atoms with Crippen LogP contribution in [0.1, 0.15) is 37.5 Å². The van der Waals surface area contributed by atoms with E-state index >= 15 is 0 Å². The average Bonchev–Trinajstić information content (AvgIpc) is 2.29. The number of nitrogens with zero attached hydrogens (tertiary/aromatic N) is 1. The molecule has 0 radical (unpaired) electrons. The highest BCUT2D eigenvalue weighted by Gasteiger charge is 2.32. The first-order chi connectivity index (χ1) is 9.15. The molecule has 6 heteroatoms. The lowest BCUT2D eigenvalue weighted by Gasteiger charge is -2.29. The molecule has 0 saturated heterocycles. The molecule has 0 heterocycles. The molecule has 0 aliphatic heterocycles. The largest absolute Gasteiger partial charge is 0.405 e. The van der Waals surface area contributed by atoms with Crippen molar-refractivity contribution in [2.45, 2.75) is 39.5 Å². The second-order valence-electron chi connectivity index (χ2n) is 4.87. The average molecular weight is 293 g/mol. The van der Waals surface area contributed by atoms with Crippen LogP contribution in [0, 0.1) is 12.7 Å². The Balaban J connectivity index is 3.27. The van der Waals surface area contributed by atoms with Gasteiger partial charge in [0.25, 0.3) is 0 Å². The van der Waals surface area contributed by atoms with Gasteiger partial charge in [0.05, 0.1) is 6.10 Å². The first-order valence-corrected chi connectivity index (χ1v) is 6.45. The predicted molar refractivity (Wildman–Crippen MR) is 70.3 cm³/mol. The van der Waals surface area contributed by atoms with Gasteiger partial charge in [0, 0.05) is 17.8 Å². The summed E-state index contributed by atoms with van der Waals surface area (Å²) in [7, 11) is 0. The normalized spacial score (nSPS) is 13.4. The van der Waals surface area contributed by atoms with Gasteiger partial charge in [-0.3, -0.25) is 0 Å². The minimum atomic E-state index is -4.35. The number of alkyl halides is 3. The monoisotopic (exact) mass is 293 g/mol. The Kier molecular flexibility index (Phi) is 5.39. The third kappa shape index (κ3) is 4.37. The van der Waals surface area contributed by atoms with Crippen LogP contribution in [0.25, 0.3) is 0 Å². The molecule has 1 aromatic carbocycles.